The first-order valence-corrected chi connectivity index (χ1v) is 9.20. The maximum absolute atomic E-state index is 12.7. The first-order valence-electron chi connectivity index (χ1n) is 7.72. The van der Waals surface area contributed by atoms with Crippen LogP contribution in [0.5, 0.6) is 0 Å². The summed E-state index contributed by atoms with van der Waals surface area (Å²) in [6.45, 7) is 2.39. The third kappa shape index (κ3) is 4.98. The van der Waals surface area contributed by atoms with Crippen molar-refractivity contribution < 1.29 is 26.4 Å². The summed E-state index contributed by atoms with van der Waals surface area (Å²) >= 11 is 0. The number of anilines is 1. The van der Waals surface area contributed by atoms with E-state index in [0.29, 0.717) is 12.6 Å². The van der Waals surface area contributed by atoms with E-state index < -0.39 is 21.8 Å². The molecule has 1 amide bonds. The van der Waals surface area contributed by atoms with E-state index in [1.165, 1.54) is 30.3 Å². The van der Waals surface area contributed by atoms with Crippen LogP contribution in [0.15, 0.2) is 53.4 Å². The lowest BCUT2D eigenvalue weighted by atomic mass is 10.2. The largest absolute Gasteiger partial charge is 0.416 e. The topological polar surface area (TPSA) is 75.3 Å². The van der Waals surface area contributed by atoms with Gasteiger partial charge >= 0.3 is 6.18 Å². The summed E-state index contributed by atoms with van der Waals surface area (Å²) in [5.41, 5.74) is -0.873. The van der Waals surface area contributed by atoms with E-state index in [1.807, 2.05) is 6.92 Å². The highest BCUT2D eigenvalue weighted by Crippen LogP contribution is 2.31. The first-order chi connectivity index (χ1) is 12.1. The van der Waals surface area contributed by atoms with E-state index in [-0.39, 0.29) is 22.1 Å². The highest BCUT2D eigenvalue weighted by atomic mass is 32.2. The van der Waals surface area contributed by atoms with E-state index in [4.69, 9.17) is 0 Å². The second kappa shape index (κ2) is 7.77. The summed E-state index contributed by atoms with van der Waals surface area (Å²) in [5, 5.41) is 2.66. The summed E-state index contributed by atoms with van der Waals surface area (Å²) < 4.78 is 64.9. The number of alkyl halides is 3. The molecule has 2 aromatic rings. The monoisotopic (exact) mass is 386 g/mol. The van der Waals surface area contributed by atoms with E-state index >= 15 is 0 Å². The van der Waals surface area contributed by atoms with Crippen LogP contribution in [0.25, 0.3) is 0 Å². The van der Waals surface area contributed by atoms with Gasteiger partial charge in [-0.3, -0.25) is 9.52 Å². The number of halogens is 3. The number of carbonyl (C=O) groups is 1. The summed E-state index contributed by atoms with van der Waals surface area (Å²) in [4.78, 5) is 11.6. The fourth-order valence-electron chi connectivity index (χ4n) is 2.10. The standard InChI is InChI=1S/C17H17F3N2O3S/c1-2-10-21-16(23)12-6-8-15(9-7-12)26(24,25)22-14-5-3-4-13(11-14)17(18,19)20/h3-9,11,22H,2,10H2,1H3,(H,21,23). The maximum Gasteiger partial charge on any atom is 0.416 e. The summed E-state index contributed by atoms with van der Waals surface area (Å²) in [7, 11) is -4.08. The molecule has 2 rings (SSSR count). The molecular formula is C17H17F3N2O3S. The minimum atomic E-state index is -4.57. The molecule has 0 spiro atoms. The maximum atomic E-state index is 12.7. The van der Waals surface area contributed by atoms with Gasteiger partial charge in [-0.25, -0.2) is 8.42 Å². The first kappa shape index (κ1) is 19.8. The van der Waals surface area contributed by atoms with Crippen molar-refractivity contribution >= 4 is 21.6 Å². The van der Waals surface area contributed by atoms with Crippen molar-refractivity contribution in [2.45, 2.75) is 24.4 Å². The molecule has 2 aromatic carbocycles. The minimum Gasteiger partial charge on any atom is -0.352 e. The van der Waals surface area contributed by atoms with Crippen LogP contribution < -0.4 is 10.0 Å². The third-order valence-corrected chi connectivity index (χ3v) is 4.80. The molecule has 0 radical (unpaired) electrons. The molecule has 0 saturated heterocycles. The van der Waals surface area contributed by atoms with Gasteiger partial charge in [-0.15, -0.1) is 0 Å². The van der Waals surface area contributed by atoms with Crippen molar-refractivity contribution in [1.29, 1.82) is 0 Å². The van der Waals surface area contributed by atoms with Crippen LogP contribution >= 0.6 is 0 Å². The van der Waals surface area contributed by atoms with Gasteiger partial charge in [-0.05, 0) is 48.9 Å². The fraction of sp³-hybridized carbons (Fsp3) is 0.235. The molecule has 140 valence electrons. The zero-order chi connectivity index (χ0) is 19.4. The Balaban J connectivity index is 2.19. The average molecular weight is 386 g/mol. The predicted octanol–water partition coefficient (Wildman–Crippen LogP) is 3.65. The lowest BCUT2D eigenvalue weighted by molar-refractivity contribution is -0.137. The van der Waals surface area contributed by atoms with Crippen molar-refractivity contribution in [3.8, 4) is 0 Å². The van der Waals surface area contributed by atoms with Gasteiger partial charge in [-0.1, -0.05) is 13.0 Å². The smallest absolute Gasteiger partial charge is 0.352 e. The van der Waals surface area contributed by atoms with Crippen molar-refractivity contribution in [2.24, 2.45) is 0 Å². The van der Waals surface area contributed by atoms with Crippen molar-refractivity contribution in [3.05, 3.63) is 59.7 Å². The number of hydrogen-bond donors (Lipinski definition) is 2. The number of rotatable bonds is 6. The molecule has 5 nitrogen and oxygen atoms in total. The molecule has 0 heterocycles. The van der Waals surface area contributed by atoms with E-state index in [0.717, 1.165) is 18.6 Å². The van der Waals surface area contributed by atoms with Gasteiger partial charge in [0, 0.05) is 17.8 Å². The van der Waals surface area contributed by atoms with Crippen LogP contribution in [0.1, 0.15) is 29.3 Å². The normalized spacial score (nSPS) is 11.8. The van der Waals surface area contributed by atoms with Gasteiger partial charge < -0.3 is 5.32 Å². The molecule has 9 heteroatoms. The minimum absolute atomic E-state index is 0.165. The molecule has 0 aliphatic carbocycles. The van der Waals surface area contributed by atoms with Gasteiger partial charge in [0.15, 0.2) is 0 Å². The summed E-state index contributed by atoms with van der Waals surface area (Å²) in [5.74, 6) is -0.332. The summed E-state index contributed by atoms with van der Waals surface area (Å²) in [6.07, 6.45) is -3.81. The molecule has 0 saturated carbocycles. The van der Waals surface area contributed by atoms with Gasteiger partial charge in [0.25, 0.3) is 15.9 Å². The Morgan fingerprint density at radius 2 is 1.73 bits per heavy atom. The van der Waals surface area contributed by atoms with Crippen LogP contribution in [0.2, 0.25) is 0 Å². The second-order valence-corrected chi connectivity index (χ2v) is 7.15. The number of benzene rings is 2. The van der Waals surface area contributed by atoms with Gasteiger partial charge in [0.1, 0.15) is 0 Å². The Morgan fingerprint density at radius 1 is 1.08 bits per heavy atom. The molecule has 0 bridgehead atoms. The zero-order valence-electron chi connectivity index (χ0n) is 13.8. The van der Waals surface area contributed by atoms with E-state index in [2.05, 4.69) is 10.0 Å². The van der Waals surface area contributed by atoms with Crippen molar-refractivity contribution in [1.82, 2.24) is 5.32 Å². The van der Waals surface area contributed by atoms with E-state index in [9.17, 15) is 26.4 Å². The number of carbonyl (C=O) groups excluding carboxylic acids is 1. The molecule has 0 aliphatic heterocycles. The van der Waals surface area contributed by atoms with Gasteiger partial charge in [-0.2, -0.15) is 13.2 Å². The Labute approximate surface area is 149 Å². The van der Waals surface area contributed by atoms with Crippen LogP contribution in [-0.2, 0) is 16.2 Å². The highest BCUT2D eigenvalue weighted by Gasteiger charge is 2.30. The van der Waals surface area contributed by atoms with Crippen LogP contribution in [0, 0.1) is 0 Å². The SMILES string of the molecule is CCCNC(=O)c1ccc(S(=O)(=O)Nc2cccc(C(F)(F)F)c2)cc1. The quantitative estimate of drug-likeness (QED) is 0.796. The molecule has 0 unspecified atom stereocenters. The van der Waals surface area contributed by atoms with Crippen LogP contribution in [0.4, 0.5) is 18.9 Å². The molecule has 26 heavy (non-hydrogen) atoms. The highest BCUT2D eigenvalue weighted by molar-refractivity contribution is 7.92. The average Bonchev–Trinajstić information content (AvgIpc) is 2.59. The molecule has 0 atom stereocenters. The fourth-order valence-corrected chi connectivity index (χ4v) is 3.15. The Morgan fingerprint density at radius 3 is 2.31 bits per heavy atom. The molecule has 0 fully saturated rings. The predicted molar refractivity (Wildman–Crippen MR) is 91.3 cm³/mol. The number of amides is 1. The Kier molecular flexibility index (Phi) is 5.91. The summed E-state index contributed by atoms with van der Waals surface area (Å²) in [6, 6.07) is 9.01. The van der Waals surface area contributed by atoms with Crippen LogP contribution in [0.3, 0.4) is 0 Å². The van der Waals surface area contributed by atoms with Gasteiger partial charge in [0.05, 0.1) is 10.5 Å². The molecule has 0 aliphatic rings. The van der Waals surface area contributed by atoms with E-state index in [1.54, 1.807) is 0 Å². The zero-order valence-corrected chi connectivity index (χ0v) is 14.6. The van der Waals surface area contributed by atoms with Crippen LogP contribution in [-0.4, -0.2) is 20.9 Å². The lowest BCUT2D eigenvalue weighted by Crippen LogP contribution is -2.24. The third-order valence-electron chi connectivity index (χ3n) is 3.40. The second-order valence-electron chi connectivity index (χ2n) is 5.46. The molecule has 0 aromatic heterocycles. The van der Waals surface area contributed by atoms with Crippen molar-refractivity contribution in [3.63, 3.8) is 0 Å². The Bertz CT molecular complexity index is 879. The Hall–Kier alpha value is -2.55. The number of sulfonamides is 1. The lowest BCUT2D eigenvalue weighted by Gasteiger charge is -2.11. The molecular weight excluding hydrogens is 369 g/mol. The van der Waals surface area contributed by atoms with Gasteiger partial charge in [0.2, 0.25) is 0 Å². The number of nitrogens with one attached hydrogen (secondary N) is 2. The van der Waals surface area contributed by atoms with Crippen molar-refractivity contribution in [2.75, 3.05) is 11.3 Å². The molecule has 2 N–H and O–H groups in total. The number of hydrogen-bond acceptors (Lipinski definition) is 3.